The SMILES string of the molecule is CCNCc1occc1CN1CCCC(C(C)(C)C)CC1. The van der Waals surface area contributed by atoms with Gasteiger partial charge in [-0.1, -0.05) is 27.7 Å². The van der Waals surface area contributed by atoms with Crippen LogP contribution in [0.3, 0.4) is 0 Å². The summed E-state index contributed by atoms with van der Waals surface area (Å²) in [7, 11) is 0. The number of rotatable bonds is 5. The van der Waals surface area contributed by atoms with Crippen molar-refractivity contribution in [2.45, 2.75) is 60.0 Å². The van der Waals surface area contributed by atoms with E-state index >= 15 is 0 Å². The monoisotopic (exact) mass is 292 g/mol. The molecule has 1 N–H and O–H groups in total. The number of hydrogen-bond donors (Lipinski definition) is 1. The molecule has 1 aromatic rings. The Morgan fingerprint density at radius 1 is 1.29 bits per heavy atom. The van der Waals surface area contributed by atoms with Gasteiger partial charge in [0.2, 0.25) is 0 Å². The maximum absolute atomic E-state index is 5.63. The van der Waals surface area contributed by atoms with Crippen molar-refractivity contribution in [3.05, 3.63) is 23.7 Å². The third kappa shape index (κ3) is 4.86. The summed E-state index contributed by atoms with van der Waals surface area (Å²) in [5.74, 6) is 1.96. The third-order valence-corrected chi connectivity index (χ3v) is 4.81. The van der Waals surface area contributed by atoms with E-state index in [0.29, 0.717) is 5.41 Å². The van der Waals surface area contributed by atoms with Gasteiger partial charge in [0.25, 0.3) is 0 Å². The smallest absolute Gasteiger partial charge is 0.122 e. The Balaban J connectivity index is 1.90. The second-order valence-corrected chi connectivity index (χ2v) is 7.42. The minimum atomic E-state index is 0.446. The van der Waals surface area contributed by atoms with E-state index in [2.05, 4.69) is 44.0 Å². The fourth-order valence-electron chi connectivity index (χ4n) is 3.32. The first-order chi connectivity index (χ1) is 10.0. The molecular formula is C18H32N2O. The van der Waals surface area contributed by atoms with Crippen molar-refractivity contribution in [2.75, 3.05) is 19.6 Å². The lowest BCUT2D eigenvalue weighted by Gasteiger charge is -2.29. The van der Waals surface area contributed by atoms with E-state index < -0.39 is 0 Å². The summed E-state index contributed by atoms with van der Waals surface area (Å²) < 4.78 is 5.63. The molecule has 0 amide bonds. The van der Waals surface area contributed by atoms with Gasteiger partial charge in [0.15, 0.2) is 0 Å². The maximum atomic E-state index is 5.63. The molecule has 1 atom stereocenters. The number of furan rings is 1. The van der Waals surface area contributed by atoms with Gasteiger partial charge in [0.1, 0.15) is 5.76 Å². The van der Waals surface area contributed by atoms with Crippen molar-refractivity contribution < 1.29 is 4.42 Å². The van der Waals surface area contributed by atoms with Gasteiger partial charge in [-0.05, 0) is 56.3 Å². The molecule has 0 saturated carbocycles. The zero-order valence-electron chi connectivity index (χ0n) is 14.2. The standard InChI is InChI=1S/C18H32N2O/c1-5-19-13-17-15(9-12-21-17)14-20-10-6-7-16(8-11-20)18(2,3)4/h9,12,16,19H,5-8,10-11,13-14H2,1-4H3. The quantitative estimate of drug-likeness (QED) is 0.888. The highest BCUT2D eigenvalue weighted by Gasteiger charge is 2.27. The molecule has 0 radical (unpaired) electrons. The normalized spacial score (nSPS) is 21.4. The highest BCUT2D eigenvalue weighted by Crippen LogP contribution is 2.34. The zero-order chi connectivity index (χ0) is 15.3. The first-order valence-corrected chi connectivity index (χ1v) is 8.49. The second kappa shape index (κ2) is 7.46. The molecule has 2 heterocycles. The molecular weight excluding hydrogens is 260 g/mol. The van der Waals surface area contributed by atoms with Gasteiger partial charge in [-0.15, -0.1) is 0 Å². The Labute approximate surface area is 130 Å². The maximum Gasteiger partial charge on any atom is 0.122 e. The van der Waals surface area contributed by atoms with E-state index in [0.717, 1.165) is 31.3 Å². The number of hydrogen-bond acceptors (Lipinski definition) is 3. The molecule has 0 aromatic carbocycles. The van der Waals surface area contributed by atoms with Crippen molar-refractivity contribution in [1.29, 1.82) is 0 Å². The summed E-state index contributed by atoms with van der Waals surface area (Å²) in [5, 5.41) is 3.36. The average Bonchev–Trinajstić information content (AvgIpc) is 2.70. The predicted octanol–water partition coefficient (Wildman–Crippen LogP) is 4.04. The van der Waals surface area contributed by atoms with Crippen LogP contribution in [0.1, 0.15) is 58.3 Å². The lowest BCUT2D eigenvalue weighted by atomic mass is 9.77. The van der Waals surface area contributed by atoms with Gasteiger partial charge in [-0.25, -0.2) is 0 Å². The average molecular weight is 292 g/mol. The summed E-state index contributed by atoms with van der Waals surface area (Å²) >= 11 is 0. The topological polar surface area (TPSA) is 28.4 Å². The van der Waals surface area contributed by atoms with Crippen LogP contribution in [0.2, 0.25) is 0 Å². The molecule has 1 aliphatic rings. The summed E-state index contributed by atoms with van der Waals surface area (Å²) in [6.07, 6.45) is 5.85. The molecule has 3 heteroatoms. The molecule has 0 spiro atoms. The summed E-state index contributed by atoms with van der Waals surface area (Å²) in [6.45, 7) is 14.6. The molecule has 21 heavy (non-hydrogen) atoms. The molecule has 1 aliphatic heterocycles. The molecule has 1 unspecified atom stereocenters. The molecule has 3 nitrogen and oxygen atoms in total. The molecule has 2 rings (SSSR count). The van der Waals surface area contributed by atoms with Crippen LogP contribution in [0.4, 0.5) is 0 Å². The molecule has 0 aliphatic carbocycles. The zero-order valence-corrected chi connectivity index (χ0v) is 14.2. The van der Waals surface area contributed by atoms with Crippen molar-refractivity contribution in [3.63, 3.8) is 0 Å². The van der Waals surface area contributed by atoms with Crippen LogP contribution >= 0.6 is 0 Å². The number of nitrogens with one attached hydrogen (secondary N) is 1. The van der Waals surface area contributed by atoms with Crippen molar-refractivity contribution in [1.82, 2.24) is 10.2 Å². The lowest BCUT2D eigenvalue weighted by Crippen LogP contribution is -2.26. The van der Waals surface area contributed by atoms with Crippen LogP contribution in [0, 0.1) is 11.3 Å². The van der Waals surface area contributed by atoms with E-state index in [1.54, 1.807) is 0 Å². The first kappa shape index (κ1) is 16.6. The van der Waals surface area contributed by atoms with Crippen molar-refractivity contribution in [2.24, 2.45) is 11.3 Å². The molecule has 0 bridgehead atoms. The van der Waals surface area contributed by atoms with E-state index in [-0.39, 0.29) is 0 Å². The Morgan fingerprint density at radius 3 is 2.81 bits per heavy atom. The van der Waals surface area contributed by atoms with E-state index in [4.69, 9.17) is 4.42 Å². The van der Waals surface area contributed by atoms with Crippen LogP contribution in [0.5, 0.6) is 0 Å². The van der Waals surface area contributed by atoms with Crippen LogP contribution in [-0.2, 0) is 13.1 Å². The minimum Gasteiger partial charge on any atom is -0.468 e. The van der Waals surface area contributed by atoms with E-state index in [1.807, 2.05) is 6.26 Å². The van der Waals surface area contributed by atoms with Crippen LogP contribution in [-0.4, -0.2) is 24.5 Å². The lowest BCUT2D eigenvalue weighted by molar-refractivity contribution is 0.206. The minimum absolute atomic E-state index is 0.446. The number of likely N-dealkylation sites (tertiary alicyclic amines) is 1. The number of nitrogens with zero attached hydrogens (tertiary/aromatic N) is 1. The summed E-state index contributed by atoms with van der Waals surface area (Å²) in [6, 6.07) is 2.14. The fourth-order valence-corrected chi connectivity index (χ4v) is 3.32. The van der Waals surface area contributed by atoms with Crippen molar-refractivity contribution in [3.8, 4) is 0 Å². The Morgan fingerprint density at radius 2 is 2.10 bits per heavy atom. The summed E-state index contributed by atoms with van der Waals surface area (Å²) in [4.78, 5) is 2.60. The van der Waals surface area contributed by atoms with Gasteiger partial charge >= 0.3 is 0 Å². The highest BCUT2D eigenvalue weighted by atomic mass is 16.3. The molecule has 1 aromatic heterocycles. The van der Waals surface area contributed by atoms with Crippen LogP contribution in [0.25, 0.3) is 0 Å². The Kier molecular flexibility index (Phi) is 5.88. The summed E-state index contributed by atoms with van der Waals surface area (Å²) in [5.41, 5.74) is 1.80. The first-order valence-electron chi connectivity index (χ1n) is 8.49. The van der Waals surface area contributed by atoms with Gasteiger partial charge in [-0.3, -0.25) is 4.90 Å². The largest absolute Gasteiger partial charge is 0.468 e. The fraction of sp³-hybridized carbons (Fsp3) is 0.778. The highest BCUT2D eigenvalue weighted by molar-refractivity contribution is 5.16. The van der Waals surface area contributed by atoms with Crippen LogP contribution < -0.4 is 5.32 Å². The van der Waals surface area contributed by atoms with Crippen molar-refractivity contribution >= 4 is 0 Å². The van der Waals surface area contributed by atoms with Gasteiger partial charge < -0.3 is 9.73 Å². The predicted molar refractivity (Wildman–Crippen MR) is 88.2 cm³/mol. The van der Waals surface area contributed by atoms with E-state index in [1.165, 1.54) is 37.9 Å². The van der Waals surface area contributed by atoms with Crippen LogP contribution in [0.15, 0.2) is 16.7 Å². The Bertz CT molecular complexity index is 419. The van der Waals surface area contributed by atoms with Gasteiger partial charge in [-0.2, -0.15) is 0 Å². The van der Waals surface area contributed by atoms with Gasteiger partial charge in [0, 0.05) is 12.1 Å². The second-order valence-electron chi connectivity index (χ2n) is 7.42. The Hall–Kier alpha value is -0.800. The molecule has 1 fully saturated rings. The van der Waals surface area contributed by atoms with Gasteiger partial charge in [0.05, 0.1) is 12.8 Å². The molecule has 120 valence electrons. The van der Waals surface area contributed by atoms with E-state index in [9.17, 15) is 0 Å². The molecule has 1 saturated heterocycles. The third-order valence-electron chi connectivity index (χ3n) is 4.81.